The number of aliphatic hydroxyl groups excluding tert-OH is 1. The highest BCUT2D eigenvalue weighted by Crippen LogP contribution is 2.24. The van der Waals surface area contributed by atoms with E-state index in [1.54, 1.807) is 0 Å². The molecule has 1 aliphatic heterocycles. The van der Waals surface area contributed by atoms with Gasteiger partial charge in [0.1, 0.15) is 0 Å². The van der Waals surface area contributed by atoms with Crippen LogP contribution in [0.3, 0.4) is 0 Å². The highest BCUT2D eigenvalue weighted by Gasteiger charge is 2.23. The van der Waals surface area contributed by atoms with Gasteiger partial charge in [0.25, 0.3) is 0 Å². The van der Waals surface area contributed by atoms with E-state index in [1.165, 1.54) is 19.3 Å². The van der Waals surface area contributed by atoms with Crippen molar-refractivity contribution < 1.29 is 9.90 Å². The van der Waals surface area contributed by atoms with Crippen molar-refractivity contribution in [1.29, 1.82) is 0 Å². The Morgan fingerprint density at radius 1 is 1.22 bits per heavy atom. The van der Waals surface area contributed by atoms with Gasteiger partial charge in [0, 0.05) is 32.2 Å². The Labute approximate surface area is 110 Å². The number of aliphatic hydroxyl groups is 1. The van der Waals surface area contributed by atoms with Gasteiger partial charge in [0.2, 0.25) is 5.91 Å². The molecule has 4 heteroatoms. The molecule has 1 amide bonds. The number of hydrogen-bond acceptors (Lipinski definition) is 3. The molecule has 2 N–H and O–H groups in total. The summed E-state index contributed by atoms with van der Waals surface area (Å²) in [5.41, 5.74) is 0. The van der Waals surface area contributed by atoms with Crippen LogP contribution < -0.4 is 5.32 Å². The van der Waals surface area contributed by atoms with Crippen LogP contribution in [0.1, 0.15) is 38.5 Å². The monoisotopic (exact) mass is 254 g/mol. The molecule has 0 aromatic rings. The summed E-state index contributed by atoms with van der Waals surface area (Å²) in [5, 5.41) is 12.2. The van der Waals surface area contributed by atoms with Crippen LogP contribution in [-0.4, -0.2) is 48.7 Å². The molecular weight excluding hydrogens is 228 g/mol. The Morgan fingerprint density at radius 3 is 2.72 bits per heavy atom. The van der Waals surface area contributed by atoms with Crippen molar-refractivity contribution in [2.45, 2.75) is 38.5 Å². The lowest BCUT2D eigenvalue weighted by atomic mass is 9.99. The first kappa shape index (κ1) is 13.8. The molecule has 0 aromatic carbocycles. The van der Waals surface area contributed by atoms with Gasteiger partial charge in [-0.05, 0) is 38.1 Å². The summed E-state index contributed by atoms with van der Waals surface area (Å²) < 4.78 is 0. The van der Waals surface area contributed by atoms with Crippen molar-refractivity contribution in [2.24, 2.45) is 11.8 Å². The molecule has 104 valence electrons. The van der Waals surface area contributed by atoms with Gasteiger partial charge >= 0.3 is 0 Å². The highest BCUT2D eigenvalue weighted by atomic mass is 16.3. The molecule has 4 nitrogen and oxygen atoms in total. The Kier molecular flexibility index (Phi) is 5.45. The lowest BCUT2D eigenvalue weighted by Gasteiger charge is -2.31. The molecule has 0 bridgehead atoms. The minimum absolute atomic E-state index is 0.253. The number of hydrogen-bond donors (Lipinski definition) is 2. The van der Waals surface area contributed by atoms with Crippen LogP contribution in [0, 0.1) is 11.8 Å². The normalized spacial score (nSPS) is 26.4. The van der Waals surface area contributed by atoms with Crippen molar-refractivity contribution in [1.82, 2.24) is 10.2 Å². The maximum absolute atomic E-state index is 11.8. The summed E-state index contributed by atoms with van der Waals surface area (Å²) in [4.78, 5) is 14.2. The van der Waals surface area contributed by atoms with E-state index in [2.05, 4.69) is 10.2 Å². The number of nitrogens with one attached hydrogen (secondary N) is 1. The van der Waals surface area contributed by atoms with Crippen LogP contribution >= 0.6 is 0 Å². The maximum Gasteiger partial charge on any atom is 0.223 e. The number of carbonyl (C=O) groups is 1. The van der Waals surface area contributed by atoms with E-state index in [9.17, 15) is 4.79 Å². The molecule has 2 aliphatic rings. The van der Waals surface area contributed by atoms with E-state index in [0.29, 0.717) is 12.5 Å². The number of amides is 1. The van der Waals surface area contributed by atoms with Crippen LogP contribution in [0.2, 0.25) is 0 Å². The molecule has 1 saturated carbocycles. The number of piperidine rings is 1. The van der Waals surface area contributed by atoms with Crippen molar-refractivity contribution in [3.8, 4) is 0 Å². The molecule has 2 fully saturated rings. The minimum atomic E-state index is 0.253. The first-order valence-electron chi connectivity index (χ1n) is 7.40. The third-order valence-corrected chi connectivity index (χ3v) is 4.31. The predicted octanol–water partition coefficient (Wildman–Crippen LogP) is 0.997. The Hall–Kier alpha value is -0.610. The van der Waals surface area contributed by atoms with Gasteiger partial charge in [-0.15, -0.1) is 0 Å². The SMILES string of the molecule is O=C(NCCN1CCCC(CO)C1)C1CCCC1. The zero-order valence-corrected chi connectivity index (χ0v) is 11.2. The highest BCUT2D eigenvalue weighted by molar-refractivity contribution is 5.78. The molecule has 0 spiro atoms. The van der Waals surface area contributed by atoms with E-state index in [1.807, 2.05) is 0 Å². The third kappa shape index (κ3) is 3.95. The van der Waals surface area contributed by atoms with Gasteiger partial charge in [-0.2, -0.15) is 0 Å². The summed E-state index contributed by atoms with van der Waals surface area (Å²) in [6.07, 6.45) is 6.87. The van der Waals surface area contributed by atoms with Crippen LogP contribution in [0.5, 0.6) is 0 Å². The Bertz CT molecular complexity index is 265. The zero-order valence-electron chi connectivity index (χ0n) is 11.2. The van der Waals surface area contributed by atoms with Crippen LogP contribution in [0.25, 0.3) is 0 Å². The molecule has 1 saturated heterocycles. The Balaban J connectivity index is 1.61. The molecule has 18 heavy (non-hydrogen) atoms. The predicted molar refractivity (Wildman–Crippen MR) is 71.2 cm³/mol. The molecular formula is C14H26N2O2. The molecule has 1 unspecified atom stereocenters. The van der Waals surface area contributed by atoms with E-state index in [4.69, 9.17) is 5.11 Å². The van der Waals surface area contributed by atoms with Gasteiger partial charge < -0.3 is 15.3 Å². The molecule has 1 aliphatic carbocycles. The first-order chi connectivity index (χ1) is 8.79. The average Bonchev–Trinajstić information content (AvgIpc) is 2.93. The number of nitrogens with zero attached hydrogens (tertiary/aromatic N) is 1. The minimum Gasteiger partial charge on any atom is -0.396 e. The van der Waals surface area contributed by atoms with Gasteiger partial charge in [0.15, 0.2) is 0 Å². The van der Waals surface area contributed by atoms with E-state index < -0.39 is 0 Å². The largest absolute Gasteiger partial charge is 0.396 e. The molecule has 2 rings (SSSR count). The van der Waals surface area contributed by atoms with E-state index in [0.717, 1.165) is 45.4 Å². The quantitative estimate of drug-likeness (QED) is 0.769. The lowest BCUT2D eigenvalue weighted by molar-refractivity contribution is -0.124. The fourth-order valence-electron chi connectivity index (χ4n) is 3.17. The Morgan fingerprint density at radius 2 is 2.00 bits per heavy atom. The van der Waals surface area contributed by atoms with Gasteiger partial charge in [-0.25, -0.2) is 0 Å². The zero-order chi connectivity index (χ0) is 12.8. The standard InChI is InChI=1S/C14H26N2O2/c17-11-12-4-3-8-16(10-12)9-7-15-14(18)13-5-1-2-6-13/h12-13,17H,1-11H2,(H,15,18). The van der Waals surface area contributed by atoms with Gasteiger partial charge in [-0.3, -0.25) is 4.79 Å². The fraction of sp³-hybridized carbons (Fsp3) is 0.929. The number of rotatable bonds is 5. The maximum atomic E-state index is 11.8. The van der Waals surface area contributed by atoms with Gasteiger partial charge in [0.05, 0.1) is 0 Å². The van der Waals surface area contributed by atoms with E-state index in [-0.39, 0.29) is 11.8 Å². The van der Waals surface area contributed by atoms with Crippen molar-refractivity contribution in [2.75, 3.05) is 32.8 Å². The fourth-order valence-corrected chi connectivity index (χ4v) is 3.17. The summed E-state index contributed by atoms with van der Waals surface area (Å²) in [5.74, 6) is 0.962. The average molecular weight is 254 g/mol. The second-order valence-electron chi connectivity index (χ2n) is 5.76. The summed E-state index contributed by atoms with van der Waals surface area (Å²) >= 11 is 0. The summed E-state index contributed by atoms with van der Waals surface area (Å²) in [7, 11) is 0. The molecule has 0 aromatic heterocycles. The number of carbonyl (C=O) groups excluding carboxylic acids is 1. The summed E-state index contributed by atoms with van der Waals surface area (Å²) in [6.45, 7) is 4.07. The van der Waals surface area contributed by atoms with Gasteiger partial charge in [-0.1, -0.05) is 12.8 Å². The number of likely N-dealkylation sites (tertiary alicyclic amines) is 1. The van der Waals surface area contributed by atoms with Crippen molar-refractivity contribution in [3.05, 3.63) is 0 Å². The molecule has 0 radical (unpaired) electrons. The second-order valence-corrected chi connectivity index (χ2v) is 5.76. The van der Waals surface area contributed by atoms with Crippen molar-refractivity contribution >= 4 is 5.91 Å². The van der Waals surface area contributed by atoms with Crippen molar-refractivity contribution in [3.63, 3.8) is 0 Å². The third-order valence-electron chi connectivity index (χ3n) is 4.31. The smallest absolute Gasteiger partial charge is 0.223 e. The van der Waals surface area contributed by atoms with Crippen LogP contribution in [0.15, 0.2) is 0 Å². The topological polar surface area (TPSA) is 52.6 Å². The molecule has 1 atom stereocenters. The lowest BCUT2D eigenvalue weighted by Crippen LogP contribution is -2.42. The van der Waals surface area contributed by atoms with Crippen LogP contribution in [0.4, 0.5) is 0 Å². The second kappa shape index (κ2) is 7.10. The molecule has 1 heterocycles. The first-order valence-corrected chi connectivity index (χ1v) is 7.40. The van der Waals surface area contributed by atoms with Crippen LogP contribution in [-0.2, 0) is 4.79 Å². The van der Waals surface area contributed by atoms with E-state index >= 15 is 0 Å². The summed E-state index contributed by atoms with van der Waals surface area (Å²) in [6, 6.07) is 0.